The molecule has 2 aliphatic heterocycles. The van der Waals surface area contributed by atoms with Crippen LogP contribution >= 0.6 is 0 Å². The molecule has 0 atom stereocenters. The summed E-state index contributed by atoms with van der Waals surface area (Å²) in [6.45, 7) is 8.26. The molecule has 1 aliphatic carbocycles. The van der Waals surface area contributed by atoms with E-state index in [-0.39, 0.29) is 6.03 Å². The smallest absolute Gasteiger partial charge is 0.321 e. The molecule has 0 spiro atoms. The summed E-state index contributed by atoms with van der Waals surface area (Å²) in [5, 5.41) is 8.77. The molecular weight excluding hydrogens is 478 g/mol. The average molecular weight is 512 g/mol. The second-order valence-electron chi connectivity index (χ2n) is 9.99. The Kier molecular flexibility index (Phi) is 6.98. The van der Waals surface area contributed by atoms with Crippen LogP contribution < -0.4 is 16.0 Å². The number of nitrogens with zero attached hydrogens (tertiary/aromatic N) is 6. The molecule has 38 heavy (non-hydrogen) atoms. The second kappa shape index (κ2) is 10.8. The highest BCUT2D eigenvalue weighted by molar-refractivity contribution is 6.07. The normalized spacial score (nSPS) is 17.8. The van der Waals surface area contributed by atoms with Gasteiger partial charge in [-0.25, -0.2) is 19.8 Å². The summed E-state index contributed by atoms with van der Waals surface area (Å²) in [6.07, 6.45) is 8.16. The number of amides is 2. The molecule has 4 heterocycles. The molecule has 10 nitrogen and oxygen atoms in total. The quantitative estimate of drug-likeness (QED) is 0.466. The Morgan fingerprint density at radius 2 is 1.87 bits per heavy atom. The fraction of sp³-hybridized carbons (Fsp3) is 0.393. The number of nitrogens with one attached hydrogen (secondary N) is 3. The summed E-state index contributed by atoms with van der Waals surface area (Å²) in [7, 11) is 0. The number of carbonyl (C=O) groups excluding carboxylic acids is 1. The summed E-state index contributed by atoms with van der Waals surface area (Å²) in [6, 6.07) is 10.8. The predicted molar refractivity (Wildman–Crippen MR) is 148 cm³/mol. The van der Waals surface area contributed by atoms with Gasteiger partial charge in [0.15, 0.2) is 5.82 Å². The van der Waals surface area contributed by atoms with E-state index < -0.39 is 0 Å². The number of carbonyl (C=O) groups is 1. The number of hydrogen-bond donors (Lipinski definition) is 3. The monoisotopic (exact) mass is 511 g/mol. The first-order valence-corrected chi connectivity index (χ1v) is 13.4. The number of aromatic nitrogens is 3. The van der Waals surface area contributed by atoms with Gasteiger partial charge < -0.3 is 10.6 Å². The number of urea groups is 1. The van der Waals surface area contributed by atoms with Gasteiger partial charge in [0.1, 0.15) is 0 Å². The van der Waals surface area contributed by atoms with Crippen molar-refractivity contribution in [2.45, 2.75) is 38.9 Å². The van der Waals surface area contributed by atoms with Crippen molar-refractivity contribution in [2.24, 2.45) is 4.99 Å². The minimum atomic E-state index is -0.299. The predicted octanol–water partition coefficient (Wildman–Crippen LogP) is 3.09. The Labute approximate surface area is 222 Å². The molecule has 0 unspecified atom stereocenters. The lowest BCUT2D eigenvalue weighted by Gasteiger charge is -2.34. The molecule has 0 radical (unpaired) electrons. The van der Waals surface area contributed by atoms with E-state index in [1.165, 1.54) is 25.9 Å². The van der Waals surface area contributed by atoms with Crippen molar-refractivity contribution >= 4 is 17.7 Å². The lowest BCUT2D eigenvalue weighted by molar-refractivity contribution is 0.120. The molecule has 2 fully saturated rings. The van der Waals surface area contributed by atoms with E-state index in [1.807, 2.05) is 13.1 Å². The number of hydrogen-bond acceptors (Lipinski definition) is 8. The third kappa shape index (κ3) is 5.51. The van der Waals surface area contributed by atoms with Gasteiger partial charge in [-0.2, -0.15) is 0 Å². The van der Waals surface area contributed by atoms with Crippen molar-refractivity contribution in [3.63, 3.8) is 0 Å². The van der Waals surface area contributed by atoms with Crippen LogP contribution in [-0.4, -0.2) is 75.5 Å². The standard InChI is InChI=1S/C28H33N9O/c1-2-29-28(38)35-27-33-17-21-14-20(15-24(25(21)34-27)26-30-8-3-9-31-26)19-4-5-22(32-16-19)18-36-10-12-37(13-11-36)23-6-7-23/h3-5,8-9,14-16,23H,2,6-7,10-13,17-18H2,1H3,(H3,29,33,34,35,38). The maximum atomic E-state index is 12.0. The van der Waals surface area contributed by atoms with Crippen LogP contribution in [0.3, 0.4) is 0 Å². The summed E-state index contributed by atoms with van der Waals surface area (Å²) in [5.74, 6) is 1.00. The van der Waals surface area contributed by atoms with Crippen LogP contribution in [0.1, 0.15) is 31.0 Å². The maximum absolute atomic E-state index is 12.0. The molecule has 1 aromatic carbocycles. The van der Waals surface area contributed by atoms with Crippen molar-refractivity contribution in [1.29, 1.82) is 0 Å². The van der Waals surface area contributed by atoms with Crippen LogP contribution in [0.15, 0.2) is 53.9 Å². The summed E-state index contributed by atoms with van der Waals surface area (Å²) >= 11 is 0. The second-order valence-corrected chi connectivity index (χ2v) is 9.99. The van der Waals surface area contributed by atoms with Gasteiger partial charge in [-0.15, -0.1) is 0 Å². The van der Waals surface area contributed by atoms with Gasteiger partial charge in [0, 0.05) is 75.0 Å². The van der Waals surface area contributed by atoms with Crippen molar-refractivity contribution < 1.29 is 4.79 Å². The van der Waals surface area contributed by atoms with Gasteiger partial charge in [-0.1, -0.05) is 6.07 Å². The molecule has 3 aromatic rings. The van der Waals surface area contributed by atoms with Crippen molar-refractivity contribution in [1.82, 2.24) is 35.4 Å². The number of benzene rings is 1. The maximum Gasteiger partial charge on any atom is 0.321 e. The van der Waals surface area contributed by atoms with Crippen LogP contribution in [0.4, 0.5) is 10.5 Å². The van der Waals surface area contributed by atoms with Gasteiger partial charge in [0.25, 0.3) is 0 Å². The third-order valence-electron chi connectivity index (χ3n) is 7.26. The Balaban J connectivity index is 1.22. The van der Waals surface area contributed by atoms with E-state index in [0.717, 1.165) is 59.3 Å². The fourth-order valence-electron chi connectivity index (χ4n) is 5.11. The van der Waals surface area contributed by atoms with E-state index >= 15 is 0 Å². The molecule has 3 aliphatic rings. The Morgan fingerprint density at radius 1 is 1.05 bits per heavy atom. The SMILES string of the molecule is CCNC(=O)NC1=NCc2cc(-c3ccc(CN4CCN(C5CC5)CC4)nc3)cc(-c3ncccn3)c2N1. The molecule has 0 bridgehead atoms. The summed E-state index contributed by atoms with van der Waals surface area (Å²) < 4.78 is 0. The first-order valence-electron chi connectivity index (χ1n) is 13.4. The fourth-order valence-corrected chi connectivity index (χ4v) is 5.11. The van der Waals surface area contributed by atoms with E-state index in [2.05, 4.69) is 65.0 Å². The first kappa shape index (κ1) is 24.4. The molecular formula is C28H33N9O. The van der Waals surface area contributed by atoms with Crippen LogP contribution in [0, 0.1) is 0 Å². The van der Waals surface area contributed by atoms with Gasteiger partial charge in [0.05, 0.1) is 17.9 Å². The average Bonchev–Trinajstić information content (AvgIpc) is 3.80. The van der Waals surface area contributed by atoms with Crippen LogP contribution in [0.5, 0.6) is 0 Å². The zero-order chi connectivity index (χ0) is 25.9. The minimum Gasteiger partial charge on any atom is -0.338 e. The molecule has 6 rings (SSSR count). The zero-order valence-electron chi connectivity index (χ0n) is 21.7. The third-order valence-corrected chi connectivity index (χ3v) is 7.26. The lowest BCUT2D eigenvalue weighted by Crippen LogP contribution is -2.46. The van der Waals surface area contributed by atoms with Crippen LogP contribution in [-0.2, 0) is 13.1 Å². The van der Waals surface area contributed by atoms with E-state index in [9.17, 15) is 4.79 Å². The zero-order valence-corrected chi connectivity index (χ0v) is 21.7. The van der Waals surface area contributed by atoms with Gasteiger partial charge in [-0.05, 0) is 55.2 Å². The highest BCUT2D eigenvalue weighted by Crippen LogP contribution is 2.36. The van der Waals surface area contributed by atoms with E-state index in [1.54, 1.807) is 18.5 Å². The summed E-state index contributed by atoms with van der Waals surface area (Å²) in [4.78, 5) is 35.5. The molecule has 2 aromatic heterocycles. The Hall–Kier alpha value is -3.89. The number of guanidine groups is 1. The first-order chi connectivity index (χ1) is 18.7. The molecule has 10 heteroatoms. The molecule has 196 valence electrons. The largest absolute Gasteiger partial charge is 0.338 e. The molecule has 1 saturated carbocycles. The minimum absolute atomic E-state index is 0.299. The van der Waals surface area contributed by atoms with Crippen molar-refractivity contribution in [3.8, 4) is 22.5 Å². The highest BCUT2D eigenvalue weighted by Gasteiger charge is 2.31. The van der Waals surface area contributed by atoms with Gasteiger partial charge in [0.2, 0.25) is 5.96 Å². The van der Waals surface area contributed by atoms with Crippen LogP contribution in [0.2, 0.25) is 0 Å². The molecule has 3 N–H and O–H groups in total. The molecule has 1 saturated heterocycles. The van der Waals surface area contributed by atoms with Gasteiger partial charge >= 0.3 is 6.03 Å². The van der Waals surface area contributed by atoms with Crippen LogP contribution in [0.25, 0.3) is 22.5 Å². The molecule has 2 amide bonds. The summed E-state index contributed by atoms with van der Waals surface area (Å²) in [5.41, 5.74) is 5.84. The lowest BCUT2D eigenvalue weighted by atomic mass is 9.97. The van der Waals surface area contributed by atoms with E-state index in [4.69, 9.17) is 4.98 Å². The number of rotatable bonds is 6. The number of fused-ring (bicyclic) bond motifs is 1. The number of pyridine rings is 1. The number of piperazine rings is 1. The highest BCUT2D eigenvalue weighted by atomic mass is 16.2. The van der Waals surface area contributed by atoms with E-state index in [0.29, 0.717) is 24.9 Å². The van der Waals surface area contributed by atoms with Crippen molar-refractivity contribution in [3.05, 3.63) is 60.2 Å². The van der Waals surface area contributed by atoms with Gasteiger partial charge in [-0.3, -0.25) is 20.1 Å². The Morgan fingerprint density at radius 3 is 2.58 bits per heavy atom. The Bertz CT molecular complexity index is 1310. The van der Waals surface area contributed by atoms with Crippen molar-refractivity contribution in [2.75, 3.05) is 38.0 Å². The number of anilines is 1. The topological polar surface area (TPSA) is 111 Å². The number of aliphatic imine (C=N–C) groups is 1.